The zero-order valence-electron chi connectivity index (χ0n) is 14.6. The quantitative estimate of drug-likeness (QED) is 0.752. The van der Waals surface area contributed by atoms with Crippen LogP contribution >= 0.6 is 0 Å². The van der Waals surface area contributed by atoms with Crippen LogP contribution in [0.25, 0.3) is 0 Å². The Balaban J connectivity index is 1.42. The van der Waals surface area contributed by atoms with Crippen molar-refractivity contribution in [3.05, 3.63) is 0 Å². The van der Waals surface area contributed by atoms with Crippen LogP contribution < -0.4 is 0 Å². The number of rotatable bonds is 4. The fourth-order valence-corrected chi connectivity index (χ4v) is 5.12. The van der Waals surface area contributed by atoms with E-state index < -0.39 is 0 Å². The number of ketones is 1. The summed E-state index contributed by atoms with van der Waals surface area (Å²) in [5.41, 5.74) is 0. The Hall–Kier alpha value is -0.370. The number of Topliss-reactive ketones (excluding diaryl/α,β-unsaturated/α-hetero) is 1. The van der Waals surface area contributed by atoms with Crippen LogP contribution in [0.4, 0.5) is 0 Å². The van der Waals surface area contributed by atoms with Gasteiger partial charge in [0, 0.05) is 18.4 Å². The molecule has 3 fully saturated rings. The van der Waals surface area contributed by atoms with Crippen molar-refractivity contribution in [3.63, 3.8) is 0 Å². The second-order valence-electron chi connectivity index (χ2n) is 8.33. The summed E-state index contributed by atoms with van der Waals surface area (Å²) in [6.45, 7) is 6.09. The number of carbonyl (C=O) groups is 1. The Morgan fingerprint density at radius 2 is 1.41 bits per heavy atom. The average Bonchev–Trinajstić information content (AvgIpc) is 2.58. The molecule has 1 heterocycles. The van der Waals surface area contributed by atoms with Crippen molar-refractivity contribution < 1.29 is 4.79 Å². The summed E-state index contributed by atoms with van der Waals surface area (Å²) in [5, 5.41) is 0. The van der Waals surface area contributed by atoms with Gasteiger partial charge in [0.25, 0.3) is 0 Å². The lowest BCUT2D eigenvalue weighted by Crippen LogP contribution is -2.41. The van der Waals surface area contributed by atoms with E-state index in [2.05, 4.69) is 11.8 Å². The van der Waals surface area contributed by atoms with E-state index in [4.69, 9.17) is 0 Å². The summed E-state index contributed by atoms with van der Waals surface area (Å²) in [6.07, 6.45) is 14.3. The molecule has 0 N–H and O–H groups in total. The Kier molecular flexibility index (Phi) is 5.95. The molecule has 2 atom stereocenters. The maximum atomic E-state index is 12.7. The Labute approximate surface area is 137 Å². The van der Waals surface area contributed by atoms with Gasteiger partial charge in [-0.2, -0.15) is 0 Å². The van der Waals surface area contributed by atoms with E-state index in [1.54, 1.807) is 0 Å². The molecule has 0 aromatic rings. The van der Waals surface area contributed by atoms with Gasteiger partial charge in [-0.15, -0.1) is 0 Å². The minimum absolute atomic E-state index is 0.392. The monoisotopic (exact) mass is 305 g/mol. The molecule has 2 heteroatoms. The lowest BCUT2D eigenvalue weighted by molar-refractivity contribution is -0.129. The minimum atomic E-state index is 0.392. The minimum Gasteiger partial charge on any atom is -0.303 e. The zero-order valence-corrected chi connectivity index (χ0v) is 14.6. The van der Waals surface area contributed by atoms with Gasteiger partial charge in [0.1, 0.15) is 5.78 Å². The van der Waals surface area contributed by atoms with Gasteiger partial charge >= 0.3 is 0 Å². The molecular formula is C20H35NO. The molecule has 2 nitrogen and oxygen atoms in total. The molecule has 0 aromatic heterocycles. The van der Waals surface area contributed by atoms with E-state index in [1.165, 1.54) is 77.4 Å². The molecule has 3 aliphatic rings. The first kappa shape index (κ1) is 16.5. The molecule has 2 aliphatic carbocycles. The number of likely N-dealkylation sites (tertiary alicyclic amines) is 1. The highest BCUT2D eigenvalue weighted by molar-refractivity contribution is 5.83. The number of hydrogen-bond donors (Lipinski definition) is 0. The van der Waals surface area contributed by atoms with Gasteiger partial charge in [0.15, 0.2) is 0 Å². The van der Waals surface area contributed by atoms with Gasteiger partial charge in [0.2, 0.25) is 0 Å². The van der Waals surface area contributed by atoms with Crippen LogP contribution in [0.15, 0.2) is 0 Å². The summed E-state index contributed by atoms with van der Waals surface area (Å²) < 4.78 is 0. The lowest BCUT2D eigenvalue weighted by Gasteiger charge is -2.38. The van der Waals surface area contributed by atoms with Crippen molar-refractivity contribution in [2.45, 2.75) is 77.6 Å². The summed E-state index contributed by atoms with van der Waals surface area (Å²) in [5.74, 6) is 3.27. The first-order valence-electron chi connectivity index (χ1n) is 10.00. The average molecular weight is 306 g/mol. The Bertz CT molecular complexity index is 353. The molecule has 2 saturated carbocycles. The fraction of sp³-hybridized carbons (Fsp3) is 0.950. The summed E-state index contributed by atoms with van der Waals surface area (Å²) in [4.78, 5) is 15.3. The largest absolute Gasteiger partial charge is 0.303 e. The second kappa shape index (κ2) is 7.95. The van der Waals surface area contributed by atoms with Gasteiger partial charge < -0.3 is 4.90 Å². The SMILES string of the molecule is CC1CCCCC1CN1CCC(C(=O)C2CCCCC2)CC1. The Morgan fingerprint density at radius 1 is 0.818 bits per heavy atom. The standard InChI is InChI=1S/C20H35NO/c1-16-7-5-6-10-19(16)15-21-13-11-18(12-14-21)20(22)17-8-3-2-4-9-17/h16-19H,2-15H2,1H3. The lowest BCUT2D eigenvalue weighted by atomic mass is 9.77. The maximum absolute atomic E-state index is 12.7. The molecule has 1 saturated heterocycles. The van der Waals surface area contributed by atoms with Gasteiger partial charge in [-0.25, -0.2) is 0 Å². The molecular weight excluding hydrogens is 270 g/mol. The molecule has 0 bridgehead atoms. The van der Waals surface area contributed by atoms with Crippen LogP contribution in [0.3, 0.4) is 0 Å². The zero-order chi connectivity index (χ0) is 15.4. The number of carbonyl (C=O) groups excluding carboxylic acids is 1. The normalized spacial score (nSPS) is 33.0. The van der Waals surface area contributed by atoms with Crippen molar-refractivity contribution in [3.8, 4) is 0 Å². The number of piperidine rings is 1. The maximum Gasteiger partial charge on any atom is 0.139 e. The second-order valence-corrected chi connectivity index (χ2v) is 8.33. The molecule has 3 rings (SSSR count). The van der Waals surface area contributed by atoms with Crippen molar-refractivity contribution in [1.82, 2.24) is 4.90 Å². The predicted molar refractivity (Wildman–Crippen MR) is 91.9 cm³/mol. The smallest absolute Gasteiger partial charge is 0.139 e. The highest BCUT2D eigenvalue weighted by Crippen LogP contribution is 2.33. The van der Waals surface area contributed by atoms with E-state index in [0.29, 0.717) is 17.6 Å². The molecule has 2 unspecified atom stereocenters. The number of hydrogen-bond acceptors (Lipinski definition) is 2. The first-order chi connectivity index (χ1) is 10.7. The molecule has 0 aromatic carbocycles. The summed E-state index contributed by atoms with van der Waals surface area (Å²) >= 11 is 0. The van der Waals surface area contributed by atoms with Crippen LogP contribution in [0.5, 0.6) is 0 Å². The molecule has 0 spiro atoms. The Morgan fingerprint density at radius 3 is 2.09 bits per heavy atom. The van der Waals surface area contributed by atoms with E-state index in [1.807, 2.05) is 0 Å². The topological polar surface area (TPSA) is 20.3 Å². The third-order valence-electron chi connectivity index (χ3n) is 6.78. The van der Waals surface area contributed by atoms with Crippen molar-refractivity contribution in [2.75, 3.05) is 19.6 Å². The van der Waals surface area contributed by atoms with Crippen molar-refractivity contribution in [1.29, 1.82) is 0 Å². The van der Waals surface area contributed by atoms with Crippen molar-refractivity contribution >= 4 is 5.78 Å². The van der Waals surface area contributed by atoms with Gasteiger partial charge in [0.05, 0.1) is 0 Å². The van der Waals surface area contributed by atoms with E-state index in [-0.39, 0.29) is 0 Å². The highest BCUT2D eigenvalue weighted by Gasteiger charge is 2.32. The van der Waals surface area contributed by atoms with Crippen LogP contribution in [0, 0.1) is 23.7 Å². The summed E-state index contributed by atoms with van der Waals surface area (Å²) in [6, 6.07) is 0. The third kappa shape index (κ3) is 4.13. The molecule has 22 heavy (non-hydrogen) atoms. The number of nitrogens with zero attached hydrogens (tertiary/aromatic N) is 1. The molecule has 0 amide bonds. The van der Waals surface area contributed by atoms with Gasteiger partial charge in [-0.3, -0.25) is 4.79 Å². The van der Waals surface area contributed by atoms with Crippen molar-refractivity contribution in [2.24, 2.45) is 23.7 Å². The van der Waals surface area contributed by atoms with Gasteiger partial charge in [-0.05, 0) is 57.0 Å². The van der Waals surface area contributed by atoms with Crippen LogP contribution in [0.1, 0.15) is 77.6 Å². The highest BCUT2D eigenvalue weighted by atomic mass is 16.1. The van der Waals surface area contributed by atoms with Crippen LogP contribution in [-0.4, -0.2) is 30.3 Å². The summed E-state index contributed by atoms with van der Waals surface area (Å²) in [7, 11) is 0. The van der Waals surface area contributed by atoms with E-state index in [9.17, 15) is 4.79 Å². The molecule has 1 aliphatic heterocycles. The fourth-order valence-electron chi connectivity index (χ4n) is 5.12. The molecule has 126 valence electrons. The van der Waals surface area contributed by atoms with E-state index in [0.717, 1.165) is 24.7 Å². The predicted octanol–water partition coefficient (Wildman–Crippen LogP) is 4.67. The van der Waals surface area contributed by atoms with Crippen LogP contribution in [-0.2, 0) is 4.79 Å². The first-order valence-corrected chi connectivity index (χ1v) is 10.00. The van der Waals surface area contributed by atoms with Gasteiger partial charge in [-0.1, -0.05) is 45.4 Å². The van der Waals surface area contributed by atoms with Crippen LogP contribution in [0.2, 0.25) is 0 Å². The third-order valence-corrected chi connectivity index (χ3v) is 6.78. The molecule has 0 radical (unpaired) electrons. The van der Waals surface area contributed by atoms with E-state index >= 15 is 0 Å².